The van der Waals surface area contributed by atoms with Crippen molar-refractivity contribution in [1.82, 2.24) is 4.98 Å². The van der Waals surface area contributed by atoms with E-state index >= 15 is 0 Å². The Balaban J connectivity index is 1.78. The number of H-pyrrole nitrogens is 1. The Morgan fingerprint density at radius 2 is 1.70 bits per heavy atom. The van der Waals surface area contributed by atoms with Gasteiger partial charge in [-0.15, -0.1) is 0 Å². The van der Waals surface area contributed by atoms with E-state index in [1.165, 1.54) is 0 Å². The number of nitrogens with zero attached hydrogens (tertiary/aromatic N) is 2. The van der Waals surface area contributed by atoms with Gasteiger partial charge in [0.25, 0.3) is 0 Å². The van der Waals surface area contributed by atoms with E-state index in [-0.39, 0.29) is 4.75 Å². The molecule has 0 aliphatic heterocycles. The van der Waals surface area contributed by atoms with Crippen LogP contribution in [-0.4, -0.2) is 15.9 Å². The van der Waals surface area contributed by atoms with Crippen molar-refractivity contribution in [2.45, 2.75) is 25.5 Å². The largest absolute Gasteiger partial charge is 0.243 e. The fourth-order valence-electron chi connectivity index (χ4n) is 3.17. The summed E-state index contributed by atoms with van der Waals surface area (Å²) in [6.07, 6.45) is 3.63. The lowest BCUT2D eigenvalue weighted by molar-refractivity contribution is -0.330. The maximum absolute atomic E-state index is 6.37. The lowest BCUT2D eigenvalue weighted by atomic mass is 9.97. The van der Waals surface area contributed by atoms with Gasteiger partial charge in [0.05, 0.1) is 10.9 Å². The third-order valence-electron chi connectivity index (χ3n) is 4.57. The van der Waals surface area contributed by atoms with E-state index in [1.54, 1.807) is 18.1 Å². The molecule has 0 bridgehead atoms. The number of hydrogen-bond donors (Lipinski definition) is 0. The number of hydrogen-bond acceptors (Lipinski definition) is 3. The predicted molar refractivity (Wildman–Crippen MR) is 129 cm³/mol. The summed E-state index contributed by atoms with van der Waals surface area (Å²) >= 11 is 7.94. The minimum absolute atomic E-state index is 0.108. The van der Waals surface area contributed by atoms with Gasteiger partial charge in [0.1, 0.15) is 5.15 Å². The first-order valence-corrected chi connectivity index (χ1v) is 10.9. The highest BCUT2D eigenvalue weighted by Crippen LogP contribution is 2.32. The van der Waals surface area contributed by atoms with Crippen LogP contribution in [0.3, 0.4) is 0 Å². The van der Waals surface area contributed by atoms with E-state index < -0.39 is 0 Å². The van der Waals surface area contributed by atoms with Crippen molar-refractivity contribution in [3.8, 4) is 22.4 Å². The number of aromatic nitrogens is 2. The molecule has 5 heteroatoms. The van der Waals surface area contributed by atoms with Crippen LogP contribution in [0.4, 0.5) is 0 Å². The quantitative estimate of drug-likeness (QED) is 0.200. The van der Waals surface area contributed by atoms with Gasteiger partial charge in [-0.05, 0) is 62.0 Å². The van der Waals surface area contributed by atoms with E-state index in [2.05, 4.69) is 77.6 Å². The molecule has 0 unspecified atom stereocenters. The fourth-order valence-corrected chi connectivity index (χ4v) is 3.87. The molecule has 2 heterocycles. The van der Waals surface area contributed by atoms with Crippen molar-refractivity contribution in [2.75, 3.05) is 0 Å². The Kier molecular flexibility index (Phi) is 5.89. The average molecular weight is 433 g/mol. The first-order chi connectivity index (χ1) is 14.4. The van der Waals surface area contributed by atoms with Crippen molar-refractivity contribution in [1.29, 1.82) is 0 Å². The summed E-state index contributed by atoms with van der Waals surface area (Å²) < 4.78 is 4.60. The molecule has 4 aromatic rings. The number of halogens is 1. The Labute approximate surface area is 186 Å². The summed E-state index contributed by atoms with van der Waals surface area (Å²) in [5, 5.41) is 1.40. The van der Waals surface area contributed by atoms with Crippen LogP contribution in [0, 0.1) is 0 Å². The Morgan fingerprint density at radius 3 is 2.40 bits per heavy atom. The highest BCUT2D eigenvalue weighted by Gasteiger charge is 2.18. The molecule has 1 N–H and O–H groups in total. The Bertz CT molecular complexity index is 1200. The summed E-state index contributed by atoms with van der Waals surface area (Å²) in [6.45, 7) is 6.46. The molecule has 0 aliphatic carbocycles. The molecule has 2 aromatic heterocycles. The molecular formula is C25H23ClN3S+. The van der Waals surface area contributed by atoms with Crippen LogP contribution in [0.5, 0.6) is 0 Å². The fraction of sp³-hybridized carbons (Fsp3) is 0.160. The molecule has 0 radical (unpaired) electrons. The molecule has 0 amide bonds. The molecule has 0 saturated heterocycles. The molecule has 0 spiro atoms. The zero-order valence-electron chi connectivity index (χ0n) is 17.2. The van der Waals surface area contributed by atoms with Crippen molar-refractivity contribution in [3.05, 3.63) is 83.6 Å². The van der Waals surface area contributed by atoms with Crippen LogP contribution in [0.2, 0.25) is 5.15 Å². The lowest BCUT2D eigenvalue weighted by Crippen LogP contribution is -2.11. The highest BCUT2D eigenvalue weighted by atomic mass is 35.5. The molecule has 0 fully saturated rings. The lowest BCUT2D eigenvalue weighted by Gasteiger charge is -2.12. The molecule has 2 aromatic carbocycles. The van der Waals surface area contributed by atoms with E-state index in [1.807, 2.05) is 30.5 Å². The number of pyridine rings is 2. The summed E-state index contributed by atoms with van der Waals surface area (Å²) in [4.78, 5) is 7.80. The molecule has 0 atom stereocenters. The van der Waals surface area contributed by atoms with Gasteiger partial charge in [-0.2, -0.15) is 0 Å². The van der Waals surface area contributed by atoms with E-state index in [0.717, 1.165) is 38.9 Å². The summed E-state index contributed by atoms with van der Waals surface area (Å²) in [7, 11) is 0. The Morgan fingerprint density at radius 1 is 0.967 bits per heavy atom. The molecule has 30 heavy (non-hydrogen) atoms. The summed E-state index contributed by atoms with van der Waals surface area (Å²) in [6, 6.07) is 22.8. The van der Waals surface area contributed by atoms with Gasteiger partial charge in [0.2, 0.25) is 11.2 Å². The second-order valence-corrected chi connectivity index (χ2v) is 10.0. The predicted octanol–water partition coefficient (Wildman–Crippen LogP) is 6.90. The Hall–Kier alpha value is -2.69. The zero-order chi connectivity index (χ0) is 21.1. The van der Waals surface area contributed by atoms with Gasteiger partial charge in [-0.25, -0.2) is 14.4 Å². The molecular weight excluding hydrogens is 410 g/mol. The van der Waals surface area contributed by atoms with Gasteiger partial charge in [-0.1, -0.05) is 54.1 Å². The van der Waals surface area contributed by atoms with Crippen LogP contribution in [0.1, 0.15) is 26.3 Å². The number of benzene rings is 2. The minimum atomic E-state index is 0.108. The van der Waals surface area contributed by atoms with Crippen LogP contribution in [0.15, 0.2) is 77.3 Å². The molecule has 0 saturated carbocycles. The van der Waals surface area contributed by atoms with Crippen LogP contribution >= 0.6 is 23.5 Å². The SMILES string of the molecule is CC(C)(C)S/N=C/c1ccc(-c2[nH+]c3ccnc(Cl)c3cc2-c2ccccc2)cc1. The second-order valence-electron chi connectivity index (χ2n) is 8.05. The van der Waals surface area contributed by atoms with Crippen LogP contribution in [-0.2, 0) is 0 Å². The van der Waals surface area contributed by atoms with Crippen LogP contribution in [0.25, 0.3) is 33.3 Å². The number of aromatic amines is 1. The summed E-state index contributed by atoms with van der Waals surface area (Å²) in [5.41, 5.74) is 6.38. The standard InChI is InChI=1S/C25H22ClN3S/c1-25(2,3)30-28-16-17-9-11-19(12-10-17)23-20(18-7-5-4-6-8-18)15-21-22(29-23)13-14-27-24(21)26/h4-16H,1-3H3/p+1/b28-16+. The van der Waals surface area contributed by atoms with E-state index in [0.29, 0.717) is 5.15 Å². The van der Waals surface area contributed by atoms with Crippen LogP contribution < -0.4 is 4.98 Å². The zero-order valence-corrected chi connectivity index (χ0v) is 18.8. The van der Waals surface area contributed by atoms with E-state index in [4.69, 9.17) is 11.6 Å². The number of fused-ring (bicyclic) bond motifs is 1. The first-order valence-electron chi connectivity index (χ1n) is 9.79. The highest BCUT2D eigenvalue weighted by molar-refractivity contribution is 7.99. The van der Waals surface area contributed by atoms with E-state index in [9.17, 15) is 0 Å². The first kappa shape index (κ1) is 20.6. The maximum atomic E-state index is 6.37. The van der Waals surface area contributed by atoms with Gasteiger partial charge < -0.3 is 0 Å². The third-order valence-corrected chi connectivity index (χ3v) is 5.63. The van der Waals surface area contributed by atoms with Crippen molar-refractivity contribution in [3.63, 3.8) is 0 Å². The maximum Gasteiger partial charge on any atom is 0.219 e. The van der Waals surface area contributed by atoms with Crippen molar-refractivity contribution >= 4 is 40.7 Å². The number of rotatable bonds is 4. The monoisotopic (exact) mass is 432 g/mol. The molecule has 3 nitrogen and oxygen atoms in total. The van der Waals surface area contributed by atoms with Crippen molar-refractivity contribution in [2.24, 2.45) is 4.40 Å². The normalized spacial score (nSPS) is 12.0. The van der Waals surface area contributed by atoms with Gasteiger partial charge in [0.15, 0.2) is 0 Å². The topological polar surface area (TPSA) is 39.4 Å². The third kappa shape index (κ3) is 4.72. The van der Waals surface area contributed by atoms with Gasteiger partial charge in [-0.3, -0.25) is 0 Å². The average Bonchev–Trinajstić information content (AvgIpc) is 2.73. The summed E-state index contributed by atoms with van der Waals surface area (Å²) in [5.74, 6) is 0. The molecule has 0 aliphatic rings. The van der Waals surface area contributed by atoms with Gasteiger partial charge >= 0.3 is 0 Å². The van der Waals surface area contributed by atoms with Gasteiger partial charge in [0, 0.05) is 28.8 Å². The molecule has 4 rings (SSSR count). The van der Waals surface area contributed by atoms with Crippen molar-refractivity contribution < 1.29 is 4.98 Å². The second kappa shape index (κ2) is 8.58. The smallest absolute Gasteiger partial charge is 0.219 e. The minimum Gasteiger partial charge on any atom is -0.243 e. The molecule has 150 valence electrons. The number of nitrogens with one attached hydrogen (secondary N) is 1.